The van der Waals surface area contributed by atoms with E-state index in [9.17, 15) is 27.1 Å². The molecule has 0 bridgehead atoms. The summed E-state index contributed by atoms with van der Waals surface area (Å²) in [5.74, 6) is -11.0. The second kappa shape index (κ2) is 11.4. The summed E-state index contributed by atoms with van der Waals surface area (Å²) in [4.78, 5) is 0. The number of hydrogen-bond acceptors (Lipinski definition) is 7. The van der Waals surface area contributed by atoms with Crippen LogP contribution >= 0.6 is 0 Å². The average Bonchev–Trinajstić information content (AvgIpc) is 3.21. The van der Waals surface area contributed by atoms with E-state index in [1.54, 1.807) is 18.2 Å². The summed E-state index contributed by atoms with van der Waals surface area (Å²) in [6.07, 6.45) is 0.834. The molecule has 0 radical (unpaired) electrons. The van der Waals surface area contributed by atoms with Gasteiger partial charge in [-0.3, -0.25) is 0 Å². The molecule has 13 heteroatoms. The number of aryl methyl sites for hydroxylation is 2. The van der Waals surface area contributed by atoms with Gasteiger partial charge in [-0.2, -0.15) is 15.3 Å². The highest BCUT2D eigenvalue weighted by Gasteiger charge is 2.31. The zero-order valence-corrected chi connectivity index (χ0v) is 20.9. The van der Waals surface area contributed by atoms with Gasteiger partial charge in [-0.05, 0) is 55.3 Å². The minimum atomic E-state index is -2.32. The molecule has 0 saturated heterocycles. The summed E-state index contributed by atoms with van der Waals surface area (Å²) in [6, 6.07) is 11.6. The molecule has 0 atom stereocenters. The molecule has 0 aliphatic carbocycles. The van der Waals surface area contributed by atoms with Gasteiger partial charge in [-0.25, -0.2) is 26.6 Å². The predicted molar refractivity (Wildman–Crippen MR) is 132 cm³/mol. The van der Waals surface area contributed by atoms with Gasteiger partial charge in [0, 0.05) is 7.05 Å². The van der Waals surface area contributed by atoms with Crippen LogP contribution in [-0.4, -0.2) is 21.5 Å². The lowest BCUT2D eigenvalue weighted by Gasteiger charge is -2.08. The van der Waals surface area contributed by atoms with Crippen molar-refractivity contribution < 1.29 is 31.8 Å². The maximum absolute atomic E-state index is 14.4. The fourth-order valence-corrected chi connectivity index (χ4v) is 3.41. The third-order valence-corrected chi connectivity index (χ3v) is 5.40. The first-order chi connectivity index (χ1) is 18.6. The van der Waals surface area contributed by atoms with Crippen molar-refractivity contribution >= 4 is 22.7 Å². The Kier molecular flexibility index (Phi) is 7.98. The highest BCUT2D eigenvalue weighted by atomic mass is 19.2. The van der Waals surface area contributed by atoms with Crippen LogP contribution in [0.5, 0.6) is 11.6 Å². The summed E-state index contributed by atoms with van der Waals surface area (Å²) < 4.78 is 76.2. The Bertz CT molecular complexity index is 1560. The van der Waals surface area contributed by atoms with Crippen molar-refractivity contribution in [1.29, 1.82) is 0 Å². The highest BCUT2D eigenvalue weighted by Crippen LogP contribution is 2.41. The van der Waals surface area contributed by atoms with Crippen LogP contribution < -0.4 is 4.74 Å². The van der Waals surface area contributed by atoms with Gasteiger partial charge in [0.05, 0.1) is 23.5 Å². The number of benzene rings is 3. The predicted octanol–water partition coefficient (Wildman–Crippen LogP) is 8.42. The molecule has 3 aromatic carbocycles. The van der Waals surface area contributed by atoms with Crippen LogP contribution in [0, 0.1) is 36.0 Å². The van der Waals surface area contributed by atoms with E-state index in [1.807, 2.05) is 26.0 Å². The van der Waals surface area contributed by atoms with Crippen LogP contribution in [0.25, 0.3) is 11.3 Å². The Morgan fingerprint density at radius 1 is 0.821 bits per heavy atom. The molecule has 0 aliphatic rings. The maximum Gasteiger partial charge on any atom is 0.238 e. The Morgan fingerprint density at radius 2 is 1.38 bits per heavy atom. The summed E-state index contributed by atoms with van der Waals surface area (Å²) in [5, 5.41) is 30.0. The number of nitrogens with zero attached hydrogens (tertiary/aromatic N) is 6. The van der Waals surface area contributed by atoms with Gasteiger partial charge >= 0.3 is 0 Å². The van der Waals surface area contributed by atoms with Crippen LogP contribution in [0.4, 0.5) is 44.7 Å². The van der Waals surface area contributed by atoms with Crippen molar-refractivity contribution in [2.24, 2.45) is 27.5 Å². The third-order valence-electron chi connectivity index (χ3n) is 5.40. The fraction of sp³-hybridized carbons (Fsp3) is 0.192. The Labute approximate surface area is 219 Å². The van der Waals surface area contributed by atoms with E-state index in [4.69, 9.17) is 4.74 Å². The molecule has 1 N–H and O–H groups in total. The summed E-state index contributed by atoms with van der Waals surface area (Å²) >= 11 is 0. The number of rotatable bonds is 8. The number of hydrogen-bond donors (Lipinski definition) is 1. The van der Waals surface area contributed by atoms with Crippen LogP contribution in [0.1, 0.15) is 18.9 Å². The normalized spacial score (nSPS) is 11.7. The SMILES string of the molecule is CCCOc1cc(C)ccc1/N=N/c1ccc(/N=N/c2c(-c3c(F)c(F)c(F)c(F)c3F)nn(C)c2O)cc1. The third kappa shape index (κ3) is 5.61. The zero-order valence-electron chi connectivity index (χ0n) is 20.9. The molecule has 0 fully saturated rings. The largest absolute Gasteiger partial charge is 0.492 e. The Balaban J connectivity index is 1.61. The summed E-state index contributed by atoms with van der Waals surface area (Å²) in [5.41, 5.74) is -0.474. The molecule has 0 saturated carbocycles. The Hall–Kier alpha value is -4.68. The molecule has 4 aromatic rings. The number of ether oxygens (including phenoxy) is 1. The van der Waals surface area contributed by atoms with Crippen LogP contribution in [0.2, 0.25) is 0 Å². The average molecular weight is 544 g/mol. The minimum absolute atomic E-state index is 0.225. The van der Waals surface area contributed by atoms with E-state index >= 15 is 0 Å². The second-order valence-electron chi connectivity index (χ2n) is 8.33. The van der Waals surface area contributed by atoms with Crippen molar-refractivity contribution in [3.63, 3.8) is 0 Å². The van der Waals surface area contributed by atoms with Crippen LogP contribution in [0.15, 0.2) is 62.9 Å². The van der Waals surface area contributed by atoms with Crippen molar-refractivity contribution in [2.45, 2.75) is 20.3 Å². The van der Waals surface area contributed by atoms with E-state index in [-0.39, 0.29) is 5.69 Å². The maximum atomic E-state index is 14.4. The van der Waals surface area contributed by atoms with Crippen LogP contribution in [0.3, 0.4) is 0 Å². The summed E-state index contributed by atoms with van der Waals surface area (Å²) in [7, 11) is 1.19. The molecule has 8 nitrogen and oxygen atoms in total. The van der Waals surface area contributed by atoms with Gasteiger partial charge in [-0.15, -0.1) is 10.2 Å². The number of halogens is 5. The van der Waals surface area contributed by atoms with E-state index in [0.717, 1.165) is 16.7 Å². The topological polar surface area (TPSA) is 96.7 Å². The fourth-order valence-electron chi connectivity index (χ4n) is 3.41. The lowest BCUT2D eigenvalue weighted by atomic mass is 10.1. The molecule has 1 heterocycles. The summed E-state index contributed by atoms with van der Waals surface area (Å²) in [6.45, 7) is 4.46. The van der Waals surface area contributed by atoms with Crippen molar-refractivity contribution in [3.8, 4) is 22.9 Å². The van der Waals surface area contributed by atoms with Gasteiger partial charge in [0.2, 0.25) is 11.7 Å². The first kappa shape index (κ1) is 27.4. The lowest BCUT2D eigenvalue weighted by molar-refractivity contribution is 0.318. The lowest BCUT2D eigenvalue weighted by Crippen LogP contribution is -2.04. The highest BCUT2D eigenvalue weighted by molar-refractivity contribution is 5.76. The van der Waals surface area contributed by atoms with Gasteiger partial charge in [0.1, 0.15) is 17.1 Å². The monoisotopic (exact) mass is 544 g/mol. The Morgan fingerprint density at radius 3 is 1.97 bits per heavy atom. The van der Waals surface area contributed by atoms with E-state index in [2.05, 4.69) is 25.6 Å². The van der Waals surface area contributed by atoms with Gasteiger partial charge in [-0.1, -0.05) is 13.0 Å². The second-order valence-corrected chi connectivity index (χ2v) is 8.33. The van der Waals surface area contributed by atoms with Gasteiger partial charge in [0.15, 0.2) is 29.0 Å². The zero-order chi connectivity index (χ0) is 28.3. The van der Waals surface area contributed by atoms with Gasteiger partial charge < -0.3 is 9.84 Å². The quantitative estimate of drug-likeness (QED) is 0.104. The number of azo groups is 2. The van der Waals surface area contributed by atoms with Crippen molar-refractivity contribution in [2.75, 3.05) is 6.61 Å². The molecule has 202 valence electrons. The van der Waals surface area contributed by atoms with Crippen molar-refractivity contribution in [1.82, 2.24) is 9.78 Å². The molecular weight excluding hydrogens is 523 g/mol. The molecule has 0 spiro atoms. The number of aromatic hydroxyl groups is 1. The smallest absolute Gasteiger partial charge is 0.238 e. The first-order valence-electron chi connectivity index (χ1n) is 11.6. The molecule has 1 aromatic heterocycles. The molecule has 0 unspecified atom stereocenters. The van der Waals surface area contributed by atoms with Crippen LogP contribution in [-0.2, 0) is 7.05 Å². The van der Waals surface area contributed by atoms with Gasteiger partial charge in [0.25, 0.3) is 0 Å². The van der Waals surface area contributed by atoms with E-state index < -0.39 is 51.9 Å². The van der Waals surface area contributed by atoms with Crippen molar-refractivity contribution in [3.05, 3.63) is 77.1 Å². The molecular formula is C26H21F5N6O2. The molecule has 4 rings (SSSR count). The standard InChI is InChI=1S/C26H21F5N6O2/c1-4-11-39-17-12-13(2)5-10-16(17)34-32-14-6-8-15(9-7-14)33-35-25-24(36-37(3)26(25)38)18-19(27)21(29)23(31)22(30)20(18)28/h5-10,12,38H,4,11H2,1-3H3/b34-32+,35-33+. The molecule has 0 aliphatic heterocycles. The molecule has 39 heavy (non-hydrogen) atoms. The van der Waals surface area contributed by atoms with E-state index in [0.29, 0.717) is 23.7 Å². The van der Waals surface area contributed by atoms with E-state index in [1.165, 1.54) is 19.2 Å². The minimum Gasteiger partial charge on any atom is -0.492 e. The molecule has 0 amide bonds. The first-order valence-corrected chi connectivity index (χ1v) is 11.6. The number of aromatic nitrogens is 2.